The molecule has 6 heteroatoms. The van der Waals surface area contributed by atoms with Crippen LogP contribution in [-0.4, -0.2) is 27.6 Å². The first-order valence-electron chi connectivity index (χ1n) is 6.49. The number of ether oxygens (including phenoxy) is 1. The lowest BCUT2D eigenvalue weighted by atomic mass is 10.1. The zero-order chi connectivity index (χ0) is 14.7. The molecule has 0 spiro atoms. The minimum absolute atomic E-state index is 0.151. The second-order valence-corrected chi connectivity index (χ2v) is 4.53. The smallest absolute Gasteiger partial charge is 0.235 e. The van der Waals surface area contributed by atoms with Gasteiger partial charge in [0.05, 0.1) is 13.5 Å². The van der Waals surface area contributed by atoms with Gasteiger partial charge in [-0.15, -0.1) is 10.2 Å². The summed E-state index contributed by atoms with van der Waals surface area (Å²) in [6, 6.07) is 13.0. The predicted molar refractivity (Wildman–Crippen MR) is 78.3 cm³/mol. The average molecular weight is 282 g/mol. The van der Waals surface area contributed by atoms with Gasteiger partial charge >= 0.3 is 0 Å². The monoisotopic (exact) mass is 282 g/mol. The number of anilines is 1. The second kappa shape index (κ2) is 5.62. The molecule has 0 unspecified atom stereocenters. The fourth-order valence-electron chi connectivity index (χ4n) is 2.06. The average Bonchev–Trinajstić information content (AvgIpc) is 2.91. The van der Waals surface area contributed by atoms with E-state index in [2.05, 4.69) is 15.5 Å². The number of nitrogens with one attached hydrogen (secondary N) is 1. The molecule has 1 N–H and O–H groups in total. The second-order valence-electron chi connectivity index (χ2n) is 4.53. The summed E-state index contributed by atoms with van der Waals surface area (Å²) >= 11 is 0. The largest absolute Gasteiger partial charge is 0.497 e. The van der Waals surface area contributed by atoms with E-state index >= 15 is 0 Å². The van der Waals surface area contributed by atoms with Crippen LogP contribution < -0.4 is 10.1 Å². The maximum Gasteiger partial charge on any atom is 0.235 e. The van der Waals surface area contributed by atoms with E-state index < -0.39 is 0 Å². The number of carbonyl (C=O) groups is 1. The number of carbonyl (C=O) groups excluding carboxylic acids is 1. The first-order chi connectivity index (χ1) is 10.3. The van der Waals surface area contributed by atoms with E-state index in [1.807, 2.05) is 42.5 Å². The maximum atomic E-state index is 12.1. The number of amides is 1. The predicted octanol–water partition coefficient (Wildman–Crippen LogP) is 1.92. The minimum Gasteiger partial charge on any atom is -0.497 e. The van der Waals surface area contributed by atoms with Gasteiger partial charge in [0.1, 0.15) is 5.75 Å². The van der Waals surface area contributed by atoms with Crippen LogP contribution in [0.25, 0.3) is 5.65 Å². The molecule has 1 amide bonds. The number of pyridine rings is 1. The van der Waals surface area contributed by atoms with Crippen molar-refractivity contribution in [2.75, 3.05) is 12.4 Å². The Labute approximate surface area is 121 Å². The molecular formula is C15H14N4O2. The van der Waals surface area contributed by atoms with E-state index in [9.17, 15) is 4.79 Å². The van der Waals surface area contributed by atoms with Crippen molar-refractivity contribution in [2.24, 2.45) is 0 Å². The summed E-state index contributed by atoms with van der Waals surface area (Å²) in [7, 11) is 1.60. The molecule has 106 valence electrons. The zero-order valence-corrected chi connectivity index (χ0v) is 11.5. The SMILES string of the molecule is COc1cccc(CC(=O)Nc2nnc3ccccn23)c1. The van der Waals surface area contributed by atoms with Crippen LogP contribution in [0.5, 0.6) is 5.75 Å². The molecule has 0 bridgehead atoms. The molecule has 0 saturated carbocycles. The highest BCUT2D eigenvalue weighted by Crippen LogP contribution is 2.14. The van der Waals surface area contributed by atoms with Gasteiger partial charge in [0.25, 0.3) is 0 Å². The highest BCUT2D eigenvalue weighted by atomic mass is 16.5. The van der Waals surface area contributed by atoms with Crippen LogP contribution in [0.3, 0.4) is 0 Å². The third-order valence-corrected chi connectivity index (χ3v) is 3.06. The van der Waals surface area contributed by atoms with Crippen LogP contribution in [0.4, 0.5) is 5.95 Å². The van der Waals surface area contributed by atoms with Crippen molar-refractivity contribution < 1.29 is 9.53 Å². The summed E-state index contributed by atoms with van der Waals surface area (Å²) in [6.45, 7) is 0. The number of methoxy groups -OCH3 is 1. The Balaban J connectivity index is 1.74. The van der Waals surface area contributed by atoms with E-state index in [1.54, 1.807) is 17.7 Å². The van der Waals surface area contributed by atoms with Crippen molar-refractivity contribution in [2.45, 2.75) is 6.42 Å². The van der Waals surface area contributed by atoms with Crippen molar-refractivity contribution in [1.29, 1.82) is 0 Å². The summed E-state index contributed by atoms with van der Waals surface area (Å²) < 4.78 is 6.87. The molecule has 0 radical (unpaired) electrons. The Morgan fingerprint density at radius 1 is 1.24 bits per heavy atom. The Hall–Kier alpha value is -2.89. The molecule has 0 aliphatic carbocycles. The molecular weight excluding hydrogens is 268 g/mol. The van der Waals surface area contributed by atoms with E-state index in [0.717, 1.165) is 11.3 Å². The molecule has 3 aromatic rings. The number of hydrogen-bond donors (Lipinski definition) is 1. The highest BCUT2D eigenvalue weighted by molar-refractivity contribution is 5.91. The number of aromatic nitrogens is 3. The first-order valence-corrected chi connectivity index (χ1v) is 6.49. The standard InChI is InChI=1S/C15H14N4O2/c1-21-12-6-4-5-11(9-12)10-14(20)16-15-18-17-13-7-2-3-8-19(13)15/h2-9H,10H2,1H3,(H,16,18,20). The Morgan fingerprint density at radius 2 is 2.14 bits per heavy atom. The molecule has 0 aliphatic heterocycles. The molecule has 3 rings (SSSR count). The fourth-order valence-corrected chi connectivity index (χ4v) is 2.06. The van der Waals surface area contributed by atoms with E-state index in [-0.39, 0.29) is 12.3 Å². The maximum absolute atomic E-state index is 12.1. The van der Waals surface area contributed by atoms with Gasteiger partial charge in [-0.05, 0) is 29.8 Å². The lowest BCUT2D eigenvalue weighted by Gasteiger charge is -2.05. The lowest BCUT2D eigenvalue weighted by Crippen LogP contribution is -2.16. The van der Waals surface area contributed by atoms with Crippen LogP contribution in [0.15, 0.2) is 48.7 Å². The summed E-state index contributed by atoms with van der Waals surface area (Å²) in [4.78, 5) is 12.1. The number of hydrogen-bond acceptors (Lipinski definition) is 4. The summed E-state index contributed by atoms with van der Waals surface area (Å²) in [5, 5.41) is 10.7. The van der Waals surface area contributed by atoms with Crippen molar-refractivity contribution in [3.05, 3.63) is 54.2 Å². The number of rotatable bonds is 4. The molecule has 0 aliphatic rings. The van der Waals surface area contributed by atoms with E-state index in [0.29, 0.717) is 11.6 Å². The Kier molecular flexibility index (Phi) is 3.51. The van der Waals surface area contributed by atoms with Crippen LogP contribution >= 0.6 is 0 Å². The van der Waals surface area contributed by atoms with Crippen LogP contribution in [-0.2, 0) is 11.2 Å². The van der Waals surface area contributed by atoms with Crippen LogP contribution in [0.2, 0.25) is 0 Å². The first kappa shape index (κ1) is 13.1. The summed E-state index contributed by atoms with van der Waals surface area (Å²) in [5.74, 6) is 0.994. The molecule has 1 aromatic carbocycles. The molecule has 2 heterocycles. The Morgan fingerprint density at radius 3 is 3.00 bits per heavy atom. The zero-order valence-electron chi connectivity index (χ0n) is 11.5. The fraction of sp³-hybridized carbons (Fsp3) is 0.133. The summed E-state index contributed by atoms with van der Waals surface area (Å²) in [6.07, 6.45) is 2.05. The summed E-state index contributed by atoms with van der Waals surface area (Å²) in [5.41, 5.74) is 1.56. The van der Waals surface area contributed by atoms with Gasteiger partial charge in [-0.1, -0.05) is 18.2 Å². The van der Waals surface area contributed by atoms with Crippen molar-refractivity contribution in [3.8, 4) is 5.75 Å². The van der Waals surface area contributed by atoms with Crippen molar-refractivity contribution in [3.63, 3.8) is 0 Å². The molecule has 21 heavy (non-hydrogen) atoms. The van der Waals surface area contributed by atoms with Gasteiger partial charge in [-0.3, -0.25) is 14.5 Å². The van der Waals surface area contributed by atoms with Gasteiger partial charge in [0.2, 0.25) is 11.9 Å². The normalized spacial score (nSPS) is 10.5. The van der Waals surface area contributed by atoms with E-state index in [1.165, 1.54) is 0 Å². The van der Waals surface area contributed by atoms with Crippen molar-refractivity contribution >= 4 is 17.5 Å². The molecule has 2 aromatic heterocycles. The van der Waals surface area contributed by atoms with Gasteiger partial charge in [-0.2, -0.15) is 0 Å². The Bertz CT molecular complexity index is 782. The van der Waals surface area contributed by atoms with Crippen LogP contribution in [0, 0.1) is 0 Å². The number of nitrogens with zero attached hydrogens (tertiary/aromatic N) is 3. The highest BCUT2D eigenvalue weighted by Gasteiger charge is 2.09. The lowest BCUT2D eigenvalue weighted by molar-refractivity contribution is -0.115. The third-order valence-electron chi connectivity index (χ3n) is 3.06. The van der Waals surface area contributed by atoms with Crippen molar-refractivity contribution in [1.82, 2.24) is 14.6 Å². The topological polar surface area (TPSA) is 68.5 Å². The van der Waals surface area contributed by atoms with Gasteiger partial charge in [0, 0.05) is 6.20 Å². The minimum atomic E-state index is -0.151. The van der Waals surface area contributed by atoms with Gasteiger partial charge < -0.3 is 4.74 Å². The molecule has 0 atom stereocenters. The number of benzene rings is 1. The molecule has 0 saturated heterocycles. The third kappa shape index (κ3) is 2.84. The van der Waals surface area contributed by atoms with Gasteiger partial charge in [-0.25, -0.2) is 0 Å². The molecule has 0 fully saturated rings. The quantitative estimate of drug-likeness (QED) is 0.793. The molecule has 6 nitrogen and oxygen atoms in total. The van der Waals surface area contributed by atoms with E-state index in [4.69, 9.17) is 4.74 Å². The van der Waals surface area contributed by atoms with Gasteiger partial charge in [0.15, 0.2) is 5.65 Å². The number of fused-ring (bicyclic) bond motifs is 1. The van der Waals surface area contributed by atoms with Crippen LogP contribution in [0.1, 0.15) is 5.56 Å².